The van der Waals surface area contributed by atoms with Gasteiger partial charge in [0, 0.05) is 11.1 Å². The highest BCUT2D eigenvalue weighted by atomic mass is 19.1. The van der Waals surface area contributed by atoms with E-state index in [1.54, 1.807) is 0 Å². The summed E-state index contributed by atoms with van der Waals surface area (Å²) in [7, 11) is 0. The van der Waals surface area contributed by atoms with Crippen molar-refractivity contribution in [3.8, 4) is 22.4 Å². The topological polar surface area (TPSA) is 12.9 Å². The summed E-state index contributed by atoms with van der Waals surface area (Å²) in [6, 6.07) is 18.9. The van der Waals surface area contributed by atoms with Gasteiger partial charge in [-0.05, 0) is 42.2 Å². The van der Waals surface area contributed by atoms with Crippen LogP contribution in [0.3, 0.4) is 0 Å². The third-order valence-corrected chi connectivity index (χ3v) is 4.19. The van der Waals surface area contributed by atoms with Crippen LogP contribution >= 0.6 is 0 Å². The molecule has 3 aromatic rings. The highest BCUT2D eigenvalue weighted by molar-refractivity contribution is 5.80. The van der Waals surface area contributed by atoms with Crippen LogP contribution in [0.25, 0.3) is 28.5 Å². The quantitative estimate of drug-likeness (QED) is 0.517. The number of halogens is 1. The average molecular weight is 331 g/mol. The van der Waals surface area contributed by atoms with Gasteiger partial charge in [-0.2, -0.15) is 0 Å². The lowest BCUT2D eigenvalue weighted by Gasteiger charge is -2.17. The second-order valence-electron chi connectivity index (χ2n) is 6.38. The third-order valence-electron chi connectivity index (χ3n) is 4.19. The minimum absolute atomic E-state index is 0.224. The first-order valence-corrected chi connectivity index (χ1v) is 8.59. The number of allylic oxidation sites excluding steroid dienone is 1. The van der Waals surface area contributed by atoms with E-state index < -0.39 is 0 Å². The van der Waals surface area contributed by atoms with Gasteiger partial charge in [-0.25, -0.2) is 4.39 Å². The molecule has 0 spiro atoms. The molecule has 0 saturated heterocycles. The number of nitrogens with zero attached hydrogens (tertiary/aromatic N) is 1. The Balaban J connectivity index is 2.29. The first-order chi connectivity index (χ1) is 12.1. The molecule has 1 aromatic heterocycles. The summed E-state index contributed by atoms with van der Waals surface area (Å²) in [5.41, 5.74) is 6.26. The molecule has 3 rings (SSSR count). The fraction of sp³-hybridized carbons (Fsp3) is 0.174. The Morgan fingerprint density at radius 2 is 1.60 bits per heavy atom. The molecule has 25 heavy (non-hydrogen) atoms. The monoisotopic (exact) mass is 331 g/mol. The van der Waals surface area contributed by atoms with Gasteiger partial charge in [0.05, 0.1) is 11.4 Å². The van der Waals surface area contributed by atoms with E-state index in [0.717, 1.165) is 33.6 Å². The Morgan fingerprint density at radius 3 is 2.20 bits per heavy atom. The molecule has 0 saturated carbocycles. The predicted molar refractivity (Wildman–Crippen MR) is 104 cm³/mol. The lowest BCUT2D eigenvalue weighted by molar-refractivity contribution is 0.628. The summed E-state index contributed by atoms with van der Waals surface area (Å²) in [6.07, 6.45) is 4.12. The van der Waals surface area contributed by atoms with Gasteiger partial charge in [-0.1, -0.05) is 68.5 Å². The van der Waals surface area contributed by atoms with Crippen molar-refractivity contribution in [3.63, 3.8) is 0 Å². The lowest BCUT2D eigenvalue weighted by Crippen LogP contribution is -2.01. The highest BCUT2D eigenvalue weighted by Crippen LogP contribution is 2.34. The van der Waals surface area contributed by atoms with Crippen molar-refractivity contribution in [2.75, 3.05) is 0 Å². The minimum atomic E-state index is -0.224. The van der Waals surface area contributed by atoms with E-state index in [9.17, 15) is 4.39 Å². The zero-order valence-electron chi connectivity index (χ0n) is 14.8. The molecule has 0 aliphatic rings. The Morgan fingerprint density at radius 1 is 0.920 bits per heavy atom. The van der Waals surface area contributed by atoms with Crippen molar-refractivity contribution in [2.45, 2.75) is 26.7 Å². The van der Waals surface area contributed by atoms with E-state index in [-0.39, 0.29) is 11.7 Å². The van der Waals surface area contributed by atoms with Gasteiger partial charge in [0.2, 0.25) is 0 Å². The fourth-order valence-corrected chi connectivity index (χ4v) is 2.98. The number of hydrogen-bond acceptors (Lipinski definition) is 1. The van der Waals surface area contributed by atoms with Crippen molar-refractivity contribution < 1.29 is 4.39 Å². The molecular formula is C23H22FN. The summed E-state index contributed by atoms with van der Waals surface area (Å²) >= 11 is 0. The summed E-state index contributed by atoms with van der Waals surface area (Å²) < 4.78 is 13.4. The van der Waals surface area contributed by atoms with E-state index in [2.05, 4.69) is 38.1 Å². The lowest BCUT2D eigenvalue weighted by atomic mass is 9.92. The number of aromatic nitrogens is 1. The Kier molecular flexibility index (Phi) is 5.08. The smallest absolute Gasteiger partial charge is 0.123 e. The normalized spacial score (nSPS) is 11.4. The molecule has 0 aliphatic carbocycles. The zero-order valence-corrected chi connectivity index (χ0v) is 14.8. The molecule has 0 fully saturated rings. The molecule has 0 unspecified atom stereocenters. The number of pyridine rings is 1. The van der Waals surface area contributed by atoms with Crippen LogP contribution in [0.4, 0.5) is 4.39 Å². The number of rotatable bonds is 4. The summed E-state index contributed by atoms with van der Waals surface area (Å²) in [6.45, 7) is 6.31. The molecule has 2 aromatic carbocycles. The van der Waals surface area contributed by atoms with Crippen molar-refractivity contribution >= 4 is 6.08 Å². The molecule has 0 bridgehead atoms. The Labute approximate surface area is 148 Å². The van der Waals surface area contributed by atoms with Gasteiger partial charge in [0.15, 0.2) is 0 Å². The zero-order chi connectivity index (χ0) is 17.8. The van der Waals surface area contributed by atoms with Gasteiger partial charge >= 0.3 is 0 Å². The van der Waals surface area contributed by atoms with E-state index in [4.69, 9.17) is 4.98 Å². The molecule has 0 amide bonds. The maximum absolute atomic E-state index is 13.4. The molecule has 126 valence electrons. The largest absolute Gasteiger partial charge is 0.252 e. The van der Waals surface area contributed by atoms with Crippen molar-refractivity contribution in [1.82, 2.24) is 4.98 Å². The van der Waals surface area contributed by atoms with Crippen LogP contribution < -0.4 is 0 Å². The Bertz CT molecular complexity index is 878. The van der Waals surface area contributed by atoms with Crippen LogP contribution in [0.2, 0.25) is 0 Å². The molecule has 1 nitrogen and oxygen atoms in total. The first kappa shape index (κ1) is 17.1. The SMILES string of the molecule is C/C=C/c1c(-c2ccc(F)cc2)cc(-c2ccccc2)nc1C(C)C. The summed E-state index contributed by atoms with van der Waals surface area (Å²) in [4.78, 5) is 4.94. The second kappa shape index (κ2) is 7.43. The minimum Gasteiger partial charge on any atom is -0.252 e. The van der Waals surface area contributed by atoms with Gasteiger partial charge in [0.25, 0.3) is 0 Å². The van der Waals surface area contributed by atoms with Crippen LogP contribution in [-0.4, -0.2) is 4.98 Å². The van der Waals surface area contributed by atoms with Crippen LogP contribution in [-0.2, 0) is 0 Å². The van der Waals surface area contributed by atoms with E-state index in [0.29, 0.717) is 0 Å². The maximum Gasteiger partial charge on any atom is 0.123 e. The first-order valence-electron chi connectivity index (χ1n) is 8.59. The predicted octanol–water partition coefficient (Wildman–Crippen LogP) is 6.71. The number of benzene rings is 2. The van der Waals surface area contributed by atoms with Gasteiger partial charge in [-0.15, -0.1) is 0 Å². The van der Waals surface area contributed by atoms with Crippen molar-refractivity contribution in [3.05, 3.63) is 83.8 Å². The third kappa shape index (κ3) is 3.69. The van der Waals surface area contributed by atoms with Crippen LogP contribution in [0.5, 0.6) is 0 Å². The standard InChI is InChI=1S/C23H22FN/c1-4-8-20-21(17-11-13-19(24)14-12-17)15-22(25-23(20)16(2)3)18-9-6-5-7-10-18/h4-16H,1-3H3/b8-4+. The average Bonchev–Trinajstić information content (AvgIpc) is 2.63. The molecule has 0 atom stereocenters. The molecule has 0 radical (unpaired) electrons. The fourth-order valence-electron chi connectivity index (χ4n) is 2.98. The van der Waals surface area contributed by atoms with Gasteiger partial charge in [0.1, 0.15) is 5.82 Å². The van der Waals surface area contributed by atoms with E-state index in [1.807, 2.05) is 43.3 Å². The summed E-state index contributed by atoms with van der Waals surface area (Å²) in [5, 5.41) is 0. The number of hydrogen-bond donors (Lipinski definition) is 0. The second-order valence-corrected chi connectivity index (χ2v) is 6.38. The summed E-state index contributed by atoms with van der Waals surface area (Å²) in [5.74, 6) is 0.0619. The molecular weight excluding hydrogens is 309 g/mol. The molecule has 2 heteroatoms. The van der Waals surface area contributed by atoms with Crippen molar-refractivity contribution in [2.24, 2.45) is 0 Å². The maximum atomic E-state index is 13.4. The van der Waals surface area contributed by atoms with Crippen LogP contribution in [0.15, 0.2) is 66.7 Å². The molecule has 1 heterocycles. The molecule has 0 N–H and O–H groups in total. The van der Waals surface area contributed by atoms with Gasteiger partial charge in [-0.3, -0.25) is 4.98 Å². The van der Waals surface area contributed by atoms with Crippen LogP contribution in [0, 0.1) is 5.82 Å². The molecule has 0 aliphatic heterocycles. The van der Waals surface area contributed by atoms with Gasteiger partial charge < -0.3 is 0 Å². The van der Waals surface area contributed by atoms with E-state index >= 15 is 0 Å². The van der Waals surface area contributed by atoms with E-state index in [1.165, 1.54) is 12.1 Å². The van der Waals surface area contributed by atoms with Crippen LogP contribution in [0.1, 0.15) is 37.9 Å². The Hall–Kier alpha value is -2.74. The van der Waals surface area contributed by atoms with Crippen molar-refractivity contribution in [1.29, 1.82) is 0 Å². The highest BCUT2D eigenvalue weighted by Gasteiger charge is 2.15.